The van der Waals surface area contributed by atoms with Gasteiger partial charge in [0.25, 0.3) is 0 Å². The first-order chi connectivity index (χ1) is 10.1. The second kappa shape index (κ2) is 5.16. The van der Waals surface area contributed by atoms with Gasteiger partial charge in [0.1, 0.15) is 18.5 Å². The van der Waals surface area contributed by atoms with Gasteiger partial charge in [-0.2, -0.15) is 0 Å². The summed E-state index contributed by atoms with van der Waals surface area (Å²) in [4.78, 5) is 11.3. The number of aromatic nitrogens is 3. The minimum Gasteiger partial charge on any atom is -0.478 e. The number of aromatic carboxylic acids is 1. The fourth-order valence-electron chi connectivity index (χ4n) is 2.03. The summed E-state index contributed by atoms with van der Waals surface area (Å²) in [5, 5.41) is 16.6. The summed E-state index contributed by atoms with van der Waals surface area (Å²) < 4.78 is 14.6. The minimum absolute atomic E-state index is 0.139. The Labute approximate surface area is 119 Å². The van der Waals surface area contributed by atoms with Crippen LogP contribution in [-0.2, 0) is 0 Å². The molecule has 0 atom stereocenters. The van der Waals surface area contributed by atoms with Crippen molar-refractivity contribution in [2.45, 2.75) is 0 Å². The average molecular weight is 283 g/mol. The van der Waals surface area contributed by atoms with Crippen molar-refractivity contribution < 1.29 is 14.3 Å². The van der Waals surface area contributed by atoms with Crippen molar-refractivity contribution in [1.82, 2.24) is 14.8 Å². The number of rotatable bonds is 3. The van der Waals surface area contributed by atoms with E-state index in [-0.39, 0.29) is 11.4 Å². The molecule has 0 amide bonds. The van der Waals surface area contributed by atoms with Gasteiger partial charge in [-0.25, -0.2) is 9.18 Å². The molecule has 3 rings (SSSR count). The van der Waals surface area contributed by atoms with E-state index in [9.17, 15) is 14.3 Å². The Morgan fingerprint density at radius 3 is 2.29 bits per heavy atom. The molecular weight excluding hydrogens is 273 g/mol. The number of carboxylic acid groups (broad SMARTS) is 1. The molecule has 0 unspecified atom stereocenters. The third-order valence-corrected chi connectivity index (χ3v) is 3.06. The van der Waals surface area contributed by atoms with Crippen LogP contribution < -0.4 is 0 Å². The molecule has 0 aliphatic carbocycles. The largest absolute Gasteiger partial charge is 0.478 e. The lowest BCUT2D eigenvalue weighted by Crippen LogP contribution is -2.00. The van der Waals surface area contributed by atoms with Gasteiger partial charge >= 0.3 is 5.97 Å². The lowest BCUT2D eigenvalue weighted by molar-refractivity contribution is 0.0697. The van der Waals surface area contributed by atoms with E-state index in [1.165, 1.54) is 30.9 Å². The molecule has 1 N–H and O–H groups in total. The van der Waals surface area contributed by atoms with Crippen LogP contribution in [0.5, 0.6) is 0 Å². The smallest absolute Gasteiger partial charge is 0.335 e. The SMILES string of the molecule is O=C(O)c1cc(-c2ccc(F)cc2)cc(-n2cnnc2)c1. The topological polar surface area (TPSA) is 68.0 Å². The number of hydrogen-bond acceptors (Lipinski definition) is 3. The molecule has 6 heteroatoms. The van der Waals surface area contributed by atoms with Gasteiger partial charge in [-0.1, -0.05) is 12.1 Å². The van der Waals surface area contributed by atoms with E-state index in [0.29, 0.717) is 11.3 Å². The van der Waals surface area contributed by atoms with Crippen LogP contribution in [0.4, 0.5) is 4.39 Å². The Hall–Kier alpha value is -3.02. The molecule has 21 heavy (non-hydrogen) atoms. The molecular formula is C15H10FN3O2. The molecule has 5 nitrogen and oxygen atoms in total. The zero-order chi connectivity index (χ0) is 14.8. The Morgan fingerprint density at radius 2 is 1.67 bits per heavy atom. The Kier molecular flexibility index (Phi) is 3.19. The van der Waals surface area contributed by atoms with Crippen molar-refractivity contribution in [3.63, 3.8) is 0 Å². The van der Waals surface area contributed by atoms with Crippen LogP contribution in [-0.4, -0.2) is 25.8 Å². The molecule has 1 aromatic heterocycles. The van der Waals surface area contributed by atoms with Gasteiger partial charge in [-0.05, 0) is 41.5 Å². The van der Waals surface area contributed by atoms with E-state index in [1.54, 1.807) is 28.8 Å². The first kappa shape index (κ1) is 13.0. The van der Waals surface area contributed by atoms with Gasteiger partial charge in [0, 0.05) is 5.69 Å². The van der Waals surface area contributed by atoms with Crippen LogP contribution >= 0.6 is 0 Å². The molecule has 0 aliphatic heterocycles. The van der Waals surface area contributed by atoms with Crippen LogP contribution in [0.1, 0.15) is 10.4 Å². The van der Waals surface area contributed by atoms with Gasteiger partial charge in [0.05, 0.1) is 5.56 Å². The van der Waals surface area contributed by atoms with Crippen LogP contribution in [0.25, 0.3) is 16.8 Å². The van der Waals surface area contributed by atoms with Crippen LogP contribution in [0.3, 0.4) is 0 Å². The number of benzene rings is 2. The van der Waals surface area contributed by atoms with Crippen molar-refractivity contribution in [3.05, 3.63) is 66.5 Å². The highest BCUT2D eigenvalue weighted by Crippen LogP contribution is 2.24. The predicted molar refractivity (Wildman–Crippen MR) is 73.7 cm³/mol. The third kappa shape index (κ3) is 2.64. The van der Waals surface area contributed by atoms with Crippen LogP contribution in [0.2, 0.25) is 0 Å². The summed E-state index contributed by atoms with van der Waals surface area (Å²) >= 11 is 0. The van der Waals surface area contributed by atoms with Crippen LogP contribution in [0, 0.1) is 5.82 Å². The molecule has 0 bridgehead atoms. The maximum atomic E-state index is 13.0. The van der Waals surface area contributed by atoms with Gasteiger partial charge in [0.15, 0.2) is 0 Å². The first-order valence-electron chi connectivity index (χ1n) is 6.13. The highest BCUT2D eigenvalue weighted by atomic mass is 19.1. The van der Waals surface area contributed by atoms with E-state index in [4.69, 9.17) is 0 Å². The van der Waals surface area contributed by atoms with Crippen molar-refractivity contribution in [1.29, 1.82) is 0 Å². The van der Waals surface area contributed by atoms with Crippen molar-refractivity contribution in [3.8, 4) is 16.8 Å². The molecule has 0 aliphatic rings. The summed E-state index contributed by atoms with van der Waals surface area (Å²) in [6.07, 6.45) is 2.96. The van der Waals surface area contributed by atoms with E-state index in [2.05, 4.69) is 10.2 Å². The highest BCUT2D eigenvalue weighted by molar-refractivity contribution is 5.90. The maximum absolute atomic E-state index is 13.0. The molecule has 0 spiro atoms. The van der Waals surface area contributed by atoms with Gasteiger partial charge in [-0.15, -0.1) is 10.2 Å². The zero-order valence-electron chi connectivity index (χ0n) is 10.8. The summed E-state index contributed by atoms with van der Waals surface area (Å²) in [5.41, 5.74) is 2.17. The quantitative estimate of drug-likeness (QED) is 0.802. The molecule has 0 fully saturated rings. The molecule has 0 saturated heterocycles. The van der Waals surface area contributed by atoms with Gasteiger partial charge in [0.2, 0.25) is 0 Å². The van der Waals surface area contributed by atoms with Crippen molar-refractivity contribution in [2.24, 2.45) is 0 Å². The van der Waals surface area contributed by atoms with Gasteiger partial charge in [-0.3, -0.25) is 4.57 Å². The number of hydrogen-bond donors (Lipinski definition) is 1. The lowest BCUT2D eigenvalue weighted by Gasteiger charge is -2.08. The molecule has 1 heterocycles. The van der Waals surface area contributed by atoms with E-state index < -0.39 is 5.97 Å². The highest BCUT2D eigenvalue weighted by Gasteiger charge is 2.10. The number of carbonyl (C=O) groups is 1. The fourth-order valence-corrected chi connectivity index (χ4v) is 2.03. The summed E-state index contributed by atoms with van der Waals surface area (Å²) in [5.74, 6) is -1.37. The number of carboxylic acids is 1. The van der Waals surface area contributed by atoms with E-state index in [0.717, 1.165) is 5.56 Å². The normalized spacial score (nSPS) is 10.5. The minimum atomic E-state index is -1.03. The summed E-state index contributed by atoms with van der Waals surface area (Å²) in [6.45, 7) is 0. The van der Waals surface area contributed by atoms with Crippen molar-refractivity contribution >= 4 is 5.97 Å². The Morgan fingerprint density at radius 1 is 1.00 bits per heavy atom. The molecule has 2 aromatic carbocycles. The van der Waals surface area contributed by atoms with Crippen molar-refractivity contribution in [2.75, 3.05) is 0 Å². The van der Waals surface area contributed by atoms with Crippen LogP contribution in [0.15, 0.2) is 55.1 Å². The number of halogens is 1. The molecule has 0 saturated carbocycles. The lowest BCUT2D eigenvalue weighted by atomic mass is 10.0. The fraction of sp³-hybridized carbons (Fsp3) is 0. The first-order valence-corrected chi connectivity index (χ1v) is 6.13. The third-order valence-electron chi connectivity index (χ3n) is 3.06. The molecule has 3 aromatic rings. The predicted octanol–water partition coefficient (Wildman–Crippen LogP) is 2.77. The Bertz CT molecular complexity index is 783. The Balaban J connectivity index is 2.16. The van der Waals surface area contributed by atoms with Gasteiger partial charge < -0.3 is 5.11 Å². The second-order valence-corrected chi connectivity index (χ2v) is 4.45. The number of nitrogens with zero attached hydrogens (tertiary/aromatic N) is 3. The summed E-state index contributed by atoms with van der Waals surface area (Å²) in [7, 11) is 0. The van der Waals surface area contributed by atoms with E-state index in [1.807, 2.05) is 0 Å². The average Bonchev–Trinajstić information content (AvgIpc) is 3.02. The molecule has 104 valence electrons. The monoisotopic (exact) mass is 283 g/mol. The second-order valence-electron chi connectivity index (χ2n) is 4.45. The maximum Gasteiger partial charge on any atom is 0.335 e. The van der Waals surface area contributed by atoms with E-state index >= 15 is 0 Å². The summed E-state index contributed by atoms with van der Waals surface area (Å²) in [6, 6.07) is 10.7. The zero-order valence-corrected chi connectivity index (χ0v) is 10.8. The molecule has 0 radical (unpaired) electrons. The standard InChI is InChI=1S/C15H10FN3O2/c16-13-3-1-10(2-4-13)11-5-12(15(20)21)7-14(6-11)19-8-17-18-9-19/h1-9H,(H,20,21).